The molecule has 1 rings (SSSR count). The monoisotopic (exact) mass is 270 g/mol. The van der Waals surface area contributed by atoms with E-state index >= 15 is 0 Å². The third kappa shape index (κ3) is 4.33. The van der Waals surface area contributed by atoms with Crippen LogP contribution in [0.25, 0.3) is 0 Å². The average Bonchev–Trinajstić information content (AvgIpc) is 2.36. The first-order valence-corrected chi connectivity index (χ1v) is 5.99. The highest BCUT2D eigenvalue weighted by atomic mass is 35.5. The van der Waals surface area contributed by atoms with E-state index in [0.29, 0.717) is 0 Å². The first kappa shape index (κ1) is 14.4. The molecule has 0 aliphatic rings. The Labute approximate surface area is 110 Å². The highest BCUT2D eigenvalue weighted by Crippen LogP contribution is 2.12. The summed E-state index contributed by atoms with van der Waals surface area (Å²) in [4.78, 5) is 26.7. The molecule has 1 aromatic rings. The molecule has 18 heavy (non-hydrogen) atoms. The zero-order chi connectivity index (χ0) is 13.5. The van der Waals surface area contributed by atoms with Crippen molar-refractivity contribution in [2.24, 2.45) is 0 Å². The Balaban J connectivity index is 2.47. The van der Waals surface area contributed by atoms with Gasteiger partial charge in [0.2, 0.25) is 0 Å². The lowest BCUT2D eigenvalue weighted by Crippen LogP contribution is -2.35. The maximum Gasteiger partial charge on any atom is 0.341 e. The minimum absolute atomic E-state index is 0.0539. The minimum atomic E-state index is -0.660. The second-order valence-corrected chi connectivity index (χ2v) is 4.15. The maximum absolute atomic E-state index is 11.6. The number of esters is 1. The number of rotatable bonds is 5. The number of amides is 1. The molecule has 0 spiro atoms. The molecule has 1 aromatic heterocycles. The smallest absolute Gasteiger partial charge is 0.341 e. The highest BCUT2D eigenvalue weighted by molar-refractivity contribution is 6.32. The van der Waals surface area contributed by atoms with Gasteiger partial charge < -0.3 is 10.1 Å². The molecule has 6 heteroatoms. The summed E-state index contributed by atoms with van der Waals surface area (Å²) < 4.78 is 4.84. The third-order valence-corrected chi connectivity index (χ3v) is 2.63. The van der Waals surface area contributed by atoms with E-state index in [0.717, 1.165) is 6.42 Å². The molecule has 1 heterocycles. The van der Waals surface area contributed by atoms with Gasteiger partial charge in [-0.05, 0) is 25.5 Å². The summed E-state index contributed by atoms with van der Waals surface area (Å²) in [5.74, 6) is -0.995. The Bertz CT molecular complexity index is 437. The maximum atomic E-state index is 11.6. The Kier molecular flexibility index (Phi) is 5.58. The second-order valence-electron chi connectivity index (χ2n) is 3.79. The van der Waals surface area contributed by atoms with E-state index in [-0.39, 0.29) is 29.3 Å². The van der Waals surface area contributed by atoms with Crippen LogP contribution in [0.4, 0.5) is 0 Å². The molecule has 0 saturated carbocycles. The number of carbonyl (C=O) groups is 2. The molecule has 0 aromatic carbocycles. The predicted octanol–water partition coefficient (Wildman–Crippen LogP) is 1.81. The zero-order valence-corrected chi connectivity index (χ0v) is 11.0. The van der Waals surface area contributed by atoms with Gasteiger partial charge in [-0.2, -0.15) is 0 Å². The van der Waals surface area contributed by atoms with Crippen LogP contribution in [0, 0.1) is 0 Å². The van der Waals surface area contributed by atoms with Gasteiger partial charge >= 0.3 is 5.97 Å². The van der Waals surface area contributed by atoms with E-state index in [1.807, 2.05) is 13.8 Å². The Morgan fingerprint density at radius 3 is 2.89 bits per heavy atom. The summed E-state index contributed by atoms with van der Waals surface area (Å²) in [6.07, 6.45) is 2.28. The number of hydrogen-bond donors (Lipinski definition) is 1. The molecule has 0 saturated heterocycles. The van der Waals surface area contributed by atoms with Gasteiger partial charge in [0.05, 0.1) is 5.56 Å². The molecule has 0 aliphatic heterocycles. The Hall–Kier alpha value is -1.62. The molecule has 1 N–H and O–H groups in total. The summed E-state index contributed by atoms with van der Waals surface area (Å²) in [6, 6.07) is 3.12. The second kappa shape index (κ2) is 6.96. The number of hydrogen-bond acceptors (Lipinski definition) is 4. The normalized spacial score (nSPS) is 11.7. The Morgan fingerprint density at radius 2 is 2.28 bits per heavy atom. The van der Waals surface area contributed by atoms with Crippen molar-refractivity contribution in [2.75, 3.05) is 6.61 Å². The van der Waals surface area contributed by atoms with Crippen LogP contribution in [-0.4, -0.2) is 29.5 Å². The summed E-state index contributed by atoms with van der Waals surface area (Å²) in [6.45, 7) is 3.50. The largest absolute Gasteiger partial charge is 0.452 e. The van der Waals surface area contributed by atoms with Gasteiger partial charge in [-0.1, -0.05) is 18.5 Å². The van der Waals surface area contributed by atoms with Crippen LogP contribution in [-0.2, 0) is 9.53 Å². The van der Waals surface area contributed by atoms with Crippen LogP contribution in [0.1, 0.15) is 30.6 Å². The fourth-order valence-corrected chi connectivity index (χ4v) is 1.36. The number of pyridine rings is 1. The van der Waals surface area contributed by atoms with Gasteiger partial charge in [-0.25, -0.2) is 9.78 Å². The molecule has 0 aliphatic carbocycles. The van der Waals surface area contributed by atoms with Crippen molar-refractivity contribution < 1.29 is 14.3 Å². The zero-order valence-electron chi connectivity index (χ0n) is 10.3. The van der Waals surface area contributed by atoms with Crippen LogP contribution in [0.3, 0.4) is 0 Å². The summed E-state index contributed by atoms with van der Waals surface area (Å²) in [7, 11) is 0. The van der Waals surface area contributed by atoms with Gasteiger partial charge in [0, 0.05) is 12.2 Å². The van der Waals surface area contributed by atoms with Crippen molar-refractivity contribution in [3.05, 3.63) is 29.0 Å². The van der Waals surface area contributed by atoms with E-state index in [9.17, 15) is 9.59 Å². The van der Waals surface area contributed by atoms with Gasteiger partial charge in [-0.3, -0.25) is 4.79 Å². The van der Waals surface area contributed by atoms with Crippen molar-refractivity contribution in [3.8, 4) is 0 Å². The SMILES string of the molecule is CC[C@H](C)NC(=O)COC(=O)c1cccnc1Cl. The van der Waals surface area contributed by atoms with Crippen molar-refractivity contribution >= 4 is 23.5 Å². The molecule has 98 valence electrons. The molecule has 0 bridgehead atoms. The van der Waals surface area contributed by atoms with Gasteiger partial charge in [0.15, 0.2) is 6.61 Å². The van der Waals surface area contributed by atoms with E-state index in [1.165, 1.54) is 12.3 Å². The molecule has 0 unspecified atom stereocenters. The van der Waals surface area contributed by atoms with E-state index in [4.69, 9.17) is 16.3 Å². The topological polar surface area (TPSA) is 68.3 Å². The van der Waals surface area contributed by atoms with Crippen LogP contribution < -0.4 is 5.32 Å². The fourth-order valence-electron chi connectivity index (χ4n) is 1.17. The van der Waals surface area contributed by atoms with Crippen molar-refractivity contribution in [1.82, 2.24) is 10.3 Å². The number of aromatic nitrogens is 1. The molecule has 1 amide bonds. The summed E-state index contributed by atoms with van der Waals surface area (Å²) in [5.41, 5.74) is 0.149. The first-order valence-electron chi connectivity index (χ1n) is 5.61. The number of nitrogens with one attached hydrogen (secondary N) is 1. The highest BCUT2D eigenvalue weighted by Gasteiger charge is 2.14. The van der Waals surface area contributed by atoms with Crippen LogP contribution in [0.2, 0.25) is 5.15 Å². The summed E-state index contributed by atoms with van der Waals surface area (Å²) >= 11 is 5.73. The third-order valence-electron chi connectivity index (χ3n) is 2.33. The number of halogens is 1. The number of carbonyl (C=O) groups excluding carboxylic acids is 2. The standard InChI is InChI=1S/C12H15ClN2O3/c1-3-8(2)15-10(16)7-18-12(17)9-5-4-6-14-11(9)13/h4-6,8H,3,7H2,1-2H3,(H,15,16)/t8-/m0/s1. The van der Waals surface area contributed by atoms with E-state index < -0.39 is 5.97 Å². The van der Waals surface area contributed by atoms with Crippen LogP contribution in [0.5, 0.6) is 0 Å². The van der Waals surface area contributed by atoms with Gasteiger partial charge in [0.25, 0.3) is 5.91 Å². The van der Waals surface area contributed by atoms with Crippen molar-refractivity contribution in [3.63, 3.8) is 0 Å². The van der Waals surface area contributed by atoms with Crippen LogP contribution in [0.15, 0.2) is 18.3 Å². The van der Waals surface area contributed by atoms with E-state index in [2.05, 4.69) is 10.3 Å². The molecule has 1 atom stereocenters. The fraction of sp³-hybridized carbons (Fsp3) is 0.417. The van der Waals surface area contributed by atoms with Crippen molar-refractivity contribution in [2.45, 2.75) is 26.3 Å². The Morgan fingerprint density at radius 1 is 1.56 bits per heavy atom. The predicted molar refractivity (Wildman–Crippen MR) is 67.4 cm³/mol. The quantitative estimate of drug-likeness (QED) is 0.654. The molecule has 0 radical (unpaired) electrons. The summed E-state index contributed by atoms with van der Waals surface area (Å²) in [5, 5.41) is 2.75. The molecular weight excluding hydrogens is 256 g/mol. The van der Waals surface area contributed by atoms with Gasteiger partial charge in [0.1, 0.15) is 5.15 Å². The molecular formula is C12H15ClN2O3. The lowest BCUT2D eigenvalue weighted by atomic mass is 10.2. The van der Waals surface area contributed by atoms with Crippen LogP contribution >= 0.6 is 11.6 Å². The molecule has 5 nitrogen and oxygen atoms in total. The van der Waals surface area contributed by atoms with E-state index in [1.54, 1.807) is 6.07 Å². The molecule has 0 fully saturated rings. The van der Waals surface area contributed by atoms with Crippen molar-refractivity contribution in [1.29, 1.82) is 0 Å². The minimum Gasteiger partial charge on any atom is -0.452 e. The average molecular weight is 271 g/mol. The lowest BCUT2D eigenvalue weighted by Gasteiger charge is -2.11. The van der Waals surface area contributed by atoms with Gasteiger partial charge in [-0.15, -0.1) is 0 Å². The number of ether oxygens (including phenoxy) is 1. The first-order chi connectivity index (χ1) is 8.54. The lowest BCUT2D eigenvalue weighted by molar-refractivity contribution is -0.124. The number of nitrogens with zero attached hydrogens (tertiary/aromatic N) is 1.